The van der Waals surface area contributed by atoms with Gasteiger partial charge in [-0.1, -0.05) is 55.5 Å². The number of amides is 1. The Hall–Kier alpha value is -2.29. The predicted molar refractivity (Wildman–Crippen MR) is 89.0 cm³/mol. The minimum Gasteiger partial charge on any atom is -0.494 e. The Balaban J connectivity index is 1.60. The molecule has 0 fully saturated rings. The Kier molecular flexibility index (Phi) is 6.49. The molecule has 3 nitrogen and oxygen atoms in total. The van der Waals surface area contributed by atoms with E-state index in [1.54, 1.807) is 0 Å². The summed E-state index contributed by atoms with van der Waals surface area (Å²) in [5, 5.41) is 2.99. The lowest BCUT2D eigenvalue weighted by Gasteiger charge is -2.13. The molecule has 1 N–H and O–H groups in total. The van der Waals surface area contributed by atoms with Crippen molar-refractivity contribution in [3.63, 3.8) is 0 Å². The molecule has 1 atom stereocenters. The summed E-state index contributed by atoms with van der Waals surface area (Å²) in [4.78, 5) is 11.8. The first-order valence-electron chi connectivity index (χ1n) is 7.75. The van der Waals surface area contributed by atoms with Crippen LogP contribution in [0.4, 0.5) is 0 Å². The maximum atomic E-state index is 11.8. The van der Waals surface area contributed by atoms with Crippen LogP contribution in [-0.2, 0) is 4.79 Å². The van der Waals surface area contributed by atoms with Crippen molar-refractivity contribution in [2.75, 3.05) is 13.2 Å². The molecule has 0 bridgehead atoms. The van der Waals surface area contributed by atoms with Gasteiger partial charge in [-0.15, -0.1) is 0 Å². The quantitative estimate of drug-likeness (QED) is 0.753. The van der Waals surface area contributed by atoms with Crippen LogP contribution in [0, 0.1) is 0 Å². The Bertz CT molecular complexity index is 554. The van der Waals surface area contributed by atoms with E-state index in [1.165, 1.54) is 5.56 Å². The third kappa shape index (κ3) is 5.60. The van der Waals surface area contributed by atoms with Gasteiger partial charge in [-0.3, -0.25) is 4.79 Å². The van der Waals surface area contributed by atoms with Gasteiger partial charge in [-0.05, 0) is 30.0 Å². The van der Waals surface area contributed by atoms with E-state index in [0.717, 1.165) is 12.2 Å². The van der Waals surface area contributed by atoms with Gasteiger partial charge in [0.15, 0.2) is 0 Å². The fraction of sp³-hybridized carbons (Fsp3) is 0.316. The summed E-state index contributed by atoms with van der Waals surface area (Å²) in [5.74, 6) is 1.26. The number of ether oxygens (including phenoxy) is 1. The second-order valence-electron chi connectivity index (χ2n) is 5.38. The van der Waals surface area contributed by atoms with E-state index in [9.17, 15) is 4.79 Å². The number of benzene rings is 2. The van der Waals surface area contributed by atoms with Crippen molar-refractivity contribution in [1.82, 2.24) is 5.32 Å². The van der Waals surface area contributed by atoms with E-state index in [2.05, 4.69) is 24.4 Å². The lowest BCUT2D eigenvalue weighted by atomic mass is 10.0. The normalized spacial score (nSPS) is 11.7. The van der Waals surface area contributed by atoms with Gasteiger partial charge in [0.05, 0.1) is 6.61 Å². The van der Waals surface area contributed by atoms with Gasteiger partial charge in [0.1, 0.15) is 5.75 Å². The minimum atomic E-state index is 0.0828. The van der Waals surface area contributed by atoms with E-state index >= 15 is 0 Å². The molecular weight excluding hydrogens is 274 g/mol. The molecule has 0 heterocycles. The highest BCUT2D eigenvalue weighted by atomic mass is 16.5. The standard InChI is InChI=1S/C19H23NO2/c1-16(17-9-4-2-5-10-17)15-20-19(21)13-8-14-22-18-11-6-3-7-12-18/h2-7,9-12,16H,8,13-15H2,1H3,(H,20,21)/t16-/m0/s1. The molecule has 0 saturated carbocycles. The van der Waals surface area contributed by atoms with Crippen LogP contribution in [0.1, 0.15) is 31.2 Å². The summed E-state index contributed by atoms with van der Waals surface area (Å²) in [6.45, 7) is 3.35. The van der Waals surface area contributed by atoms with Crippen molar-refractivity contribution in [1.29, 1.82) is 0 Å². The van der Waals surface area contributed by atoms with Crippen molar-refractivity contribution in [2.45, 2.75) is 25.7 Å². The molecule has 116 valence electrons. The van der Waals surface area contributed by atoms with Crippen LogP contribution >= 0.6 is 0 Å². The van der Waals surface area contributed by atoms with Gasteiger partial charge in [0.25, 0.3) is 0 Å². The third-order valence-corrected chi connectivity index (χ3v) is 3.53. The van der Waals surface area contributed by atoms with Crippen molar-refractivity contribution in [3.05, 3.63) is 66.2 Å². The van der Waals surface area contributed by atoms with Crippen molar-refractivity contribution >= 4 is 5.91 Å². The van der Waals surface area contributed by atoms with Gasteiger partial charge in [0.2, 0.25) is 5.91 Å². The summed E-state index contributed by atoms with van der Waals surface area (Å²) in [5.41, 5.74) is 1.25. The molecule has 3 heteroatoms. The molecule has 2 aromatic rings. The zero-order valence-electron chi connectivity index (χ0n) is 13.0. The molecule has 0 unspecified atom stereocenters. The first-order chi connectivity index (χ1) is 10.8. The van der Waals surface area contributed by atoms with Crippen LogP contribution in [-0.4, -0.2) is 19.1 Å². The molecule has 2 aromatic carbocycles. The SMILES string of the molecule is C[C@@H](CNC(=O)CCCOc1ccccc1)c1ccccc1. The highest BCUT2D eigenvalue weighted by molar-refractivity contribution is 5.75. The summed E-state index contributed by atoms with van der Waals surface area (Å²) in [7, 11) is 0. The summed E-state index contributed by atoms with van der Waals surface area (Å²) in [6, 6.07) is 19.9. The summed E-state index contributed by atoms with van der Waals surface area (Å²) < 4.78 is 5.57. The van der Waals surface area contributed by atoms with Gasteiger partial charge in [-0.25, -0.2) is 0 Å². The van der Waals surface area contributed by atoms with Crippen molar-refractivity contribution < 1.29 is 9.53 Å². The number of para-hydroxylation sites is 1. The smallest absolute Gasteiger partial charge is 0.220 e. The molecular formula is C19H23NO2. The topological polar surface area (TPSA) is 38.3 Å². The average molecular weight is 297 g/mol. The predicted octanol–water partition coefficient (Wildman–Crippen LogP) is 3.77. The number of carbonyl (C=O) groups is 1. The molecule has 0 aromatic heterocycles. The maximum absolute atomic E-state index is 11.8. The van der Waals surface area contributed by atoms with Crippen molar-refractivity contribution in [3.8, 4) is 5.75 Å². The van der Waals surface area contributed by atoms with Crippen LogP contribution in [0.5, 0.6) is 5.75 Å². The van der Waals surface area contributed by atoms with E-state index < -0.39 is 0 Å². The fourth-order valence-electron chi connectivity index (χ4n) is 2.19. The third-order valence-electron chi connectivity index (χ3n) is 3.53. The highest BCUT2D eigenvalue weighted by Gasteiger charge is 2.07. The Morgan fingerprint density at radius 1 is 1.05 bits per heavy atom. The van der Waals surface area contributed by atoms with Gasteiger partial charge >= 0.3 is 0 Å². The van der Waals surface area contributed by atoms with Crippen molar-refractivity contribution in [2.24, 2.45) is 0 Å². The van der Waals surface area contributed by atoms with E-state index in [1.807, 2.05) is 48.5 Å². The maximum Gasteiger partial charge on any atom is 0.220 e. The molecule has 22 heavy (non-hydrogen) atoms. The molecule has 0 saturated heterocycles. The fourth-order valence-corrected chi connectivity index (χ4v) is 2.19. The molecule has 0 spiro atoms. The van der Waals surface area contributed by atoms with Gasteiger partial charge < -0.3 is 10.1 Å². The van der Waals surface area contributed by atoms with E-state index in [-0.39, 0.29) is 5.91 Å². The lowest BCUT2D eigenvalue weighted by molar-refractivity contribution is -0.121. The zero-order valence-corrected chi connectivity index (χ0v) is 13.0. The number of nitrogens with one attached hydrogen (secondary N) is 1. The summed E-state index contributed by atoms with van der Waals surface area (Å²) in [6.07, 6.45) is 1.22. The highest BCUT2D eigenvalue weighted by Crippen LogP contribution is 2.13. The second-order valence-corrected chi connectivity index (χ2v) is 5.38. The molecule has 0 aliphatic heterocycles. The Morgan fingerprint density at radius 2 is 1.68 bits per heavy atom. The first kappa shape index (κ1) is 16.1. The molecule has 0 radical (unpaired) electrons. The van der Waals surface area contributed by atoms with Crippen LogP contribution in [0.3, 0.4) is 0 Å². The number of carbonyl (C=O) groups excluding carboxylic acids is 1. The molecule has 0 aliphatic rings. The number of hydrogen-bond acceptors (Lipinski definition) is 2. The molecule has 1 amide bonds. The minimum absolute atomic E-state index is 0.0828. The monoisotopic (exact) mass is 297 g/mol. The second kappa shape index (κ2) is 8.88. The molecule has 2 rings (SSSR count). The lowest BCUT2D eigenvalue weighted by Crippen LogP contribution is -2.27. The molecule has 0 aliphatic carbocycles. The Labute approximate surface area is 132 Å². The largest absolute Gasteiger partial charge is 0.494 e. The average Bonchev–Trinajstić information content (AvgIpc) is 2.58. The first-order valence-corrected chi connectivity index (χ1v) is 7.75. The zero-order chi connectivity index (χ0) is 15.6. The van der Waals surface area contributed by atoms with Gasteiger partial charge in [-0.2, -0.15) is 0 Å². The van der Waals surface area contributed by atoms with Crippen LogP contribution < -0.4 is 10.1 Å². The van der Waals surface area contributed by atoms with Gasteiger partial charge in [0, 0.05) is 13.0 Å². The number of hydrogen-bond donors (Lipinski definition) is 1. The Morgan fingerprint density at radius 3 is 2.36 bits per heavy atom. The van der Waals surface area contributed by atoms with Crippen LogP contribution in [0.25, 0.3) is 0 Å². The summed E-state index contributed by atoms with van der Waals surface area (Å²) >= 11 is 0. The number of rotatable bonds is 8. The van der Waals surface area contributed by atoms with Crippen LogP contribution in [0.15, 0.2) is 60.7 Å². The van der Waals surface area contributed by atoms with E-state index in [0.29, 0.717) is 25.5 Å². The van der Waals surface area contributed by atoms with E-state index in [4.69, 9.17) is 4.74 Å². The van der Waals surface area contributed by atoms with Crippen LogP contribution in [0.2, 0.25) is 0 Å².